The molecule has 3 heteroatoms. The van der Waals surface area contributed by atoms with Crippen molar-refractivity contribution in [3.05, 3.63) is 23.9 Å². The Bertz CT molecular complexity index is 446. The molecule has 19 heavy (non-hydrogen) atoms. The van der Waals surface area contributed by atoms with Crippen LogP contribution in [-0.2, 0) is 4.74 Å². The van der Waals surface area contributed by atoms with Crippen molar-refractivity contribution < 1.29 is 9.53 Å². The molecule has 5 rings (SSSR count). The number of rotatable bonds is 2. The Kier molecular flexibility index (Phi) is 2.51. The molecule has 4 fully saturated rings. The topological polar surface area (TPSA) is 38.3 Å². The molecule has 1 amide bonds. The van der Waals surface area contributed by atoms with Crippen LogP contribution in [0.5, 0.6) is 0 Å². The minimum atomic E-state index is -0.250. The highest BCUT2D eigenvalue weighted by molar-refractivity contribution is 5.71. The normalized spacial score (nSPS) is 42.3. The van der Waals surface area contributed by atoms with Crippen LogP contribution in [-0.4, -0.2) is 11.7 Å². The SMILES string of the molecule is O=C(NC1=CCCC=C1)OC12CC3CC(C1)C(C3)C2. The molecule has 2 unspecified atom stereocenters. The molecule has 5 aliphatic rings. The molecule has 5 aliphatic carbocycles. The van der Waals surface area contributed by atoms with Crippen molar-refractivity contribution in [2.24, 2.45) is 17.8 Å². The Morgan fingerprint density at radius 1 is 1.21 bits per heavy atom. The molecular weight excluding hydrogens is 238 g/mol. The van der Waals surface area contributed by atoms with Crippen molar-refractivity contribution in [2.75, 3.05) is 0 Å². The van der Waals surface area contributed by atoms with E-state index in [1.165, 1.54) is 12.8 Å². The van der Waals surface area contributed by atoms with Gasteiger partial charge >= 0.3 is 6.09 Å². The van der Waals surface area contributed by atoms with Gasteiger partial charge in [0.15, 0.2) is 0 Å². The maximum absolute atomic E-state index is 12.1. The zero-order chi connectivity index (χ0) is 12.9. The van der Waals surface area contributed by atoms with Crippen molar-refractivity contribution in [3.63, 3.8) is 0 Å². The van der Waals surface area contributed by atoms with Crippen LogP contribution in [0.2, 0.25) is 0 Å². The third kappa shape index (κ3) is 1.99. The maximum Gasteiger partial charge on any atom is 0.412 e. The van der Waals surface area contributed by atoms with Gasteiger partial charge < -0.3 is 4.74 Å². The highest BCUT2D eigenvalue weighted by Gasteiger charge is 2.58. The van der Waals surface area contributed by atoms with Crippen LogP contribution < -0.4 is 5.32 Å². The molecule has 4 saturated carbocycles. The molecule has 0 heterocycles. The van der Waals surface area contributed by atoms with Gasteiger partial charge in [-0.3, -0.25) is 5.32 Å². The minimum Gasteiger partial charge on any atom is -0.443 e. The van der Waals surface area contributed by atoms with E-state index in [1.54, 1.807) is 0 Å². The Morgan fingerprint density at radius 3 is 2.63 bits per heavy atom. The number of carbonyl (C=O) groups is 1. The average molecular weight is 259 g/mol. The summed E-state index contributed by atoms with van der Waals surface area (Å²) in [4.78, 5) is 12.1. The summed E-state index contributed by atoms with van der Waals surface area (Å²) in [5.41, 5.74) is 0.766. The second-order valence-electron chi connectivity index (χ2n) is 6.81. The average Bonchev–Trinajstić information content (AvgIpc) is 2.77. The second kappa shape index (κ2) is 4.12. The highest BCUT2D eigenvalue weighted by atomic mass is 16.6. The number of amides is 1. The standard InChI is InChI=1S/C16H21NO2/c18-15(17-14-4-2-1-3-5-14)19-16-8-11-6-12(9-16)13(7-11)10-16/h2,4-5,11-13H,1,3,6-10H2,(H,17,18). The molecule has 0 spiro atoms. The zero-order valence-corrected chi connectivity index (χ0v) is 11.2. The molecule has 0 saturated heterocycles. The van der Waals surface area contributed by atoms with E-state index >= 15 is 0 Å². The molecule has 4 bridgehead atoms. The number of hydrogen-bond donors (Lipinski definition) is 1. The first kappa shape index (κ1) is 11.6. The molecule has 1 N–H and O–H groups in total. The summed E-state index contributed by atoms with van der Waals surface area (Å²) in [6.07, 6.45) is 14.0. The summed E-state index contributed by atoms with van der Waals surface area (Å²) < 4.78 is 5.85. The molecule has 0 aromatic rings. The molecule has 2 atom stereocenters. The molecule has 0 radical (unpaired) electrons. The summed E-state index contributed by atoms with van der Waals surface area (Å²) in [6, 6.07) is 0. The summed E-state index contributed by atoms with van der Waals surface area (Å²) in [7, 11) is 0. The number of carbonyl (C=O) groups excluding carboxylic acids is 1. The number of hydrogen-bond acceptors (Lipinski definition) is 2. The van der Waals surface area contributed by atoms with E-state index < -0.39 is 0 Å². The molecule has 0 aliphatic heterocycles. The van der Waals surface area contributed by atoms with Gasteiger partial charge in [0, 0.05) is 5.70 Å². The van der Waals surface area contributed by atoms with Gasteiger partial charge in [0.1, 0.15) is 5.60 Å². The van der Waals surface area contributed by atoms with E-state index in [9.17, 15) is 4.79 Å². The molecular formula is C16H21NO2. The Balaban J connectivity index is 1.40. The van der Waals surface area contributed by atoms with Crippen LogP contribution >= 0.6 is 0 Å². The number of nitrogens with one attached hydrogen (secondary N) is 1. The molecule has 0 aromatic carbocycles. The van der Waals surface area contributed by atoms with E-state index in [0.29, 0.717) is 0 Å². The van der Waals surface area contributed by atoms with E-state index in [2.05, 4.69) is 17.5 Å². The maximum atomic E-state index is 12.1. The van der Waals surface area contributed by atoms with E-state index in [-0.39, 0.29) is 11.7 Å². The van der Waals surface area contributed by atoms with Crippen LogP contribution in [0.3, 0.4) is 0 Å². The smallest absolute Gasteiger partial charge is 0.412 e. The first-order chi connectivity index (χ1) is 9.22. The van der Waals surface area contributed by atoms with Crippen LogP contribution in [0.1, 0.15) is 44.9 Å². The van der Waals surface area contributed by atoms with Crippen LogP contribution in [0.25, 0.3) is 0 Å². The van der Waals surface area contributed by atoms with Gasteiger partial charge in [-0.1, -0.05) is 12.2 Å². The van der Waals surface area contributed by atoms with E-state index in [1.807, 2.05) is 6.08 Å². The van der Waals surface area contributed by atoms with Gasteiger partial charge in [0.25, 0.3) is 0 Å². The monoisotopic (exact) mass is 259 g/mol. The van der Waals surface area contributed by atoms with E-state index in [4.69, 9.17) is 4.74 Å². The van der Waals surface area contributed by atoms with Crippen molar-refractivity contribution in [1.82, 2.24) is 5.32 Å². The summed E-state index contributed by atoms with van der Waals surface area (Å²) in [6.45, 7) is 0. The molecule has 0 aromatic heterocycles. The largest absolute Gasteiger partial charge is 0.443 e. The number of ether oxygens (including phenoxy) is 1. The lowest BCUT2D eigenvalue weighted by Crippen LogP contribution is -2.41. The molecule has 102 valence electrons. The quantitative estimate of drug-likeness (QED) is 0.824. The first-order valence-electron chi connectivity index (χ1n) is 7.59. The highest BCUT2D eigenvalue weighted by Crippen LogP contribution is 2.61. The Labute approximate surface area is 114 Å². The number of alkyl carbamates (subject to hydrolysis) is 1. The fraction of sp³-hybridized carbons (Fsp3) is 0.688. The van der Waals surface area contributed by atoms with Gasteiger partial charge in [0.2, 0.25) is 0 Å². The fourth-order valence-electron chi connectivity index (χ4n) is 4.91. The van der Waals surface area contributed by atoms with Gasteiger partial charge in [-0.05, 0) is 68.8 Å². The first-order valence-corrected chi connectivity index (χ1v) is 7.59. The van der Waals surface area contributed by atoms with Gasteiger partial charge in [-0.2, -0.15) is 0 Å². The number of allylic oxidation sites excluding steroid dienone is 3. The van der Waals surface area contributed by atoms with Crippen molar-refractivity contribution in [2.45, 2.75) is 50.5 Å². The van der Waals surface area contributed by atoms with Crippen molar-refractivity contribution in [1.29, 1.82) is 0 Å². The van der Waals surface area contributed by atoms with Crippen molar-refractivity contribution >= 4 is 6.09 Å². The predicted molar refractivity (Wildman–Crippen MR) is 72.4 cm³/mol. The van der Waals surface area contributed by atoms with E-state index in [0.717, 1.165) is 55.6 Å². The van der Waals surface area contributed by atoms with Gasteiger partial charge in [-0.15, -0.1) is 0 Å². The summed E-state index contributed by atoms with van der Waals surface area (Å²) >= 11 is 0. The molecule has 3 nitrogen and oxygen atoms in total. The van der Waals surface area contributed by atoms with Crippen LogP contribution in [0.4, 0.5) is 4.79 Å². The third-order valence-electron chi connectivity index (χ3n) is 5.42. The predicted octanol–water partition coefficient (Wildman–Crippen LogP) is 3.53. The van der Waals surface area contributed by atoms with Gasteiger partial charge in [0.05, 0.1) is 0 Å². The van der Waals surface area contributed by atoms with Gasteiger partial charge in [-0.25, -0.2) is 4.79 Å². The van der Waals surface area contributed by atoms with Crippen LogP contribution in [0, 0.1) is 17.8 Å². The van der Waals surface area contributed by atoms with Crippen LogP contribution in [0.15, 0.2) is 23.9 Å². The second-order valence-corrected chi connectivity index (χ2v) is 6.81. The van der Waals surface area contributed by atoms with Crippen molar-refractivity contribution in [3.8, 4) is 0 Å². The zero-order valence-electron chi connectivity index (χ0n) is 11.2. The fourth-order valence-corrected chi connectivity index (χ4v) is 4.91. The summed E-state index contributed by atoms with van der Waals surface area (Å²) in [5, 5.41) is 2.89. The Hall–Kier alpha value is -1.25. The Morgan fingerprint density at radius 2 is 2.00 bits per heavy atom. The minimum absolute atomic E-state index is 0.125. The third-order valence-corrected chi connectivity index (χ3v) is 5.42. The lowest BCUT2D eigenvalue weighted by atomic mass is 9.78. The lowest BCUT2D eigenvalue weighted by molar-refractivity contribution is -0.0271. The summed E-state index contributed by atoms with van der Waals surface area (Å²) in [5.74, 6) is 2.49. The lowest BCUT2D eigenvalue weighted by Gasteiger charge is -2.37.